The molecule has 6 heteroatoms. The molecule has 0 atom stereocenters. The number of aryl methyl sites for hydroxylation is 1. The molecule has 0 aliphatic carbocycles. The first kappa shape index (κ1) is 17.5. The number of fused-ring (bicyclic) bond motifs is 1. The number of nitrogens with one attached hydrogen (secondary N) is 1. The Hall–Kier alpha value is -3.28. The molecule has 0 bridgehead atoms. The van der Waals surface area contributed by atoms with Gasteiger partial charge in [0, 0.05) is 18.0 Å². The summed E-state index contributed by atoms with van der Waals surface area (Å²) in [4.78, 5) is 24.2. The average molecular weight is 353 g/mol. The molecule has 1 heterocycles. The van der Waals surface area contributed by atoms with Crippen molar-refractivity contribution in [3.8, 4) is 11.5 Å². The summed E-state index contributed by atoms with van der Waals surface area (Å²) in [7, 11) is 1.62. The summed E-state index contributed by atoms with van der Waals surface area (Å²) in [5, 5.41) is 12.7. The first-order valence-electron chi connectivity index (χ1n) is 8.25. The molecule has 0 spiro atoms. The van der Waals surface area contributed by atoms with Crippen LogP contribution in [-0.2, 0) is 6.42 Å². The maximum Gasteiger partial charge on any atom is 0.349 e. The first-order chi connectivity index (χ1) is 12.6. The van der Waals surface area contributed by atoms with E-state index in [0.29, 0.717) is 11.9 Å². The molecule has 1 aromatic heterocycles. The second kappa shape index (κ2) is 7.74. The van der Waals surface area contributed by atoms with Gasteiger partial charge in [-0.25, -0.2) is 4.79 Å². The highest BCUT2D eigenvalue weighted by Crippen LogP contribution is 2.19. The van der Waals surface area contributed by atoms with Gasteiger partial charge in [0.1, 0.15) is 22.6 Å². The largest absolute Gasteiger partial charge is 0.508 e. The van der Waals surface area contributed by atoms with Gasteiger partial charge in [0.2, 0.25) is 0 Å². The molecular weight excluding hydrogens is 334 g/mol. The maximum absolute atomic E-state index is 12.2. The van der Waals surface area contributed by atoms with Gasteiger partial charge in [-0.15, -0.1) is 0 Å². The third kappa shape index (κ3) is 4.03. The van der Waals surface area contributed by atoms with Crippen LogP contribution in [0.5, 0.6) is 11.5 Å². The van der Waals surface area contributed by atoms with Crippen LogP contribution in [0.1, 0.15) is 22.3 Å². The monoisotopic (exact) mass is 353 g/mol. The molecule has 26 heavy (non-hydrogen) atoms. The van der Waals surface area contributed by atoms with E-state index in [-0.39, 0.29) is 16.9 Å². The fourth-order valence-corrected chi connectivity index (χ4v) is 2.64. The van der Waals surface area contributed by atoms with Crippen molar-refractivity contribution in [1.82, 2.24) is 5.32 Å². The number of methoxy groups -OCH3 is 1. The Bertz CT molecular complexity index is 976. The highest BCUT2D eigenvalue weighted by Gasteiger charge is 2.13. The lowest BCUT2D eigenvalue weighted by Gasteiger charge is -2.06. The van der Waals surface area contributed by atoms with E-state index in [4.69, 9.17) is 9.15 Å². The van der Waals surface area contributed by atoms with E-state index in [1.807, 2.05) is 24.3 Å². The molecule has 0 radical (unpaired) electrons. The number of carbonyl (C=O) groups is 1. The quantitative estimate of drug-likeness (QED) is 0.525. The molecular formula is C20H19NO5. The first-order valence-corrected chi connectivity index (χ1v) is 8.25. The number of phenols is 1. The van der Waals surface area contributed by atoms with Crippen molar-refractivity contribution in [1.29, 1.82) is 0 Å². The summed E-state index contributed by atoms with van der Waals surface area (Å²) in [6.45, 7) is 0.442. The van der Waals surface area contributed by atoms with E-state index in [1.54, 1.807) is 13.2 Å². The number of hydrogen-bond acceptors (Lipinski definition) is 5. The van der Waals surface area contributed by atoms with Crippen LogP contribution in [-0.4, -0.2) is 24.7 Å². The summed E-state index contributed by atoms with van der Waals surface area (Å²) < 4.78 is 10.2. The van der Waals surface area contributed by atoms with Crippen molar-refractivity contribution >= 4 is 16.9 Å². The van der Waals surface area contributed by atoms with Gasteiger partial charge in [-0.05, 0) is 48.7 Å². The highest BCUT2D eigenvalue weighted by molar-refractivity contribution is 5.96. The van der Waals surface area contributed by atoms with E-state index in [9.17, 15) is 14.7 Å². The topological polar surface area (TPSA) is 88.8 Å². The van der Waals surface area contributed by atoms with E-state index in [1.165, 1.54) is 18.2 Å². The summed E-state index contributed by atoms with van der Waals surface area (Å²) in [6, 6.07) is 13.6. The zero-order valence-electron chi connectivity index (χ0n) is 14.3. The summed E-state index contributed by atoms with van der Waals surface area (Å²) in [6.07, 6.45) is 1.54. The third-order valence-electron chi connectivity index (χ3n) is 4.05. The zero-order valence-corrected chi connectivity index (χ0v) is 14.3. The minimum Gasteiger partial charge on any atom is -0.508 e. The number of aromatic hydroxyl groups is 1. The number of phenolic OH excluding ortho intramolecular Hbond substituents is 1. The molecule has 6 nitrogen and oxygen atoms in total. The van der Waals surface area contributed by atoms with E-state index >= 15 is 0 Å². The smallest absolute Gasteiger partial charge is 0.349 e. The summed E-state index contributed by atoms with van der Waals surface area (Å²) in [5.41, 5.74) is 0.611. The average Bonchev–Trinajstić information content (AvgIpc) is 2.65. The number of rotatable bonds is 6. The Kier molecular flexibility index (Phi) is 5.22. The number of amides is 1. The van der Waals surface area contributed by atoms with Gasteiger partial charge in [0.15, 0.2) is 0 Å². The van der Waals surface area contributed by atoms with Gasteiger partial charge in [-0.3, -0.25) is 4.79 Å². The van der Waals surface area contributed by atoms with Gasteiger partial charge in [-0.2, -0.15) is 0 Å². The Morgan fingerprint density at radius 2 is 1.92 bits per heavy atom. The summed E-state index contributed by atoms with van der Waals surface area (Å²) in [5.74, 6) is 0.332. The van der Waals surface area contributed by atoms with Crippen molar-refractivity contribution < 1.29 is 19.1 Å². The third-order valence-corrected chi connectivity index (χ3v) is 4.05. The lowest BCUT2D eigenvalue weighted by atomic mass is 10.1. The molecule has 0 saturated heterocycles. The van der Waals surface area contributed by atoms with Crippen LogP contribution in [0.25, 0.3) is 11.0 Å². The van der Waals surface area contributed by atoms with Crippen LogP contribution in [0.2, 0.25) is 0 Å². The van der Waals surface area contributed by atoms with Crippen molar-refractivity contribution in [2.24, 2.45) is 0 Å². The Labute approximate surface area is 150 Å². The van der Waals surface area contributed by atoms with Gasteiger partial charge >= 0.3 is 5.63 Å². The van der Waals surface area contributed by atoms with Gasteiger partial charge in [0.25, 0.3) is 5.91 Å². The minimum atomic E-state index is -0.726. The van der Waals surface area contributed by atoms with Crippen molar-refractivity contribution in [2.75, 3.05) is 13.7 Å². The molecule has 0 unspecified atom stereocenters. The van der Waals surface area contributed by atoms with E-state index in [2.05, 4.69) is 5.32 Å². The normalized spacial score (nSPS) is 10.7. The Morgan fingerprint density at radius 1 is 1.15 bits per heavy atom. The van der Waals surface area contributed by atoms with Crippen LogP contribution < -0.4 is 15.7 Å². The molecule has 0 fully saturated rings. The second-order valence-electron chi connectivity index (χ2n) is 5.88. The minimum absolute atomic E-state index is 0.00335. The Morgan fingerprint density at radius 3 is 2.65 bits per heavy atom. The molecule has 3 aromatic rings. The van der Waals surface area contributed by atoms with Crippen LogP contribution in [0.3, 0.4) is 0 Å². The van der Waals surface area contributed by atoms with Crippen molar-refractivity contribution in [3.63, 3.8) is 0 Å². The maximum atomic E-state index is 12.2. The predicted molar refractivity (Wildman–Crippen MR) is 97.8 cm³/mol. The number of carbonyl (C=O) groups excluding carboxylic acids is 1. The predicted octanol–water partition coefficient (Wildman–Crippen LogP) is 2.87. The van der Waals surface area contributed by atoms with E-state index < -0.39 is 11.5 Å². The molecule has 134 valence electrons. The number of benzene rings is 2. The zero-order chi connectivity index (χ0) is 18.5. The molecule has 0 aliphatic heterocycles. The standard InChI is InChI=1S/C20H19NO5/c1-25-16-8-4-13(5-9-16)3-2-10-21-19(23)17-11-14-6-7-15(22)12-18(14)26-20(17)24/h4-9,11-12,22H,2-3,10H2,1H3,(H,21,23). The molecule has 0 saturated carbocycles. The lowest BCUT2D eigenvalue weighted by Crippen LogP contribution is -2.29. The van der Waals surface area contributed by atoms with Crippen molar-refractivity contribution in [3.05, 3.63) is 70.1 Å². The number of ether oxygens (including phenoxy) is 1. The van der Waals surface area contributed by atoms with Gasteiger partial charge in [0.05, 0.1) is 7.11 Å². The van der Waals surface area contributed by atoms with Gasteiger partial charge in [-0.1, -0.05) is 12.1 Å². The lowest BCUT2D eigenvalue weighted by molar-refractivity contribution is 0.0949. The van der Waals surface area contributed by atoms with Crippen LogP contribution in [0.15, 0.2) is 57.7 Å². The molecule has 2 aromatic carbocycles. The number of hydrogen-bond donors (Lipinski definition) is 2. The molecule has 3 rings (SSSR count). The van der Waals surface area contributed by atoms with E-state index in [0.717, 1.165) is 24.2 Å². The van der Waals surface area contributed by atoms with Crippen molar-refractivity contribution in [2.45, 2.75) is 12.8 Å². The molecule has 0 aliphatic rings. The van der Waals surface area contributed by atoms with Crippen LogP contribution in [0.4, 0.5) is 0 Å². The fourth-order valence-electron chi connectivity index (χ4n) is 2.64. The fraction of sp³-hybridized carbons (Fsp3) is 0.200. The Balaban J connectivity index is 1.59. The van der Waals surface area contributed by atoms with Crippen LogP contribution >= 0.6 is 0 Å². The van der Waals surface area contributed by atoms with Crippen LogP contribution in [0, 0.1) is 0 Å². The molecule has 2 N–H and O–H groups in total. The SMILES string of the molecule is COc1ccc(CCCNC(=O)c2cc3ccc(O)cc3oc2=O)cc1. The highest BCUT2D eigenvalue weighted by atomic mass is 16.5. The molecule has 1 amide bonds. The van der Waals surface area contributed by atoms with Gasteiger partial charge < -0.3 is 19.6 Å². The summed E-state index contributed by atoms with van der Waals surface area (Å²) >= 11 is 0. The second-order valence-corrected chi connectivity index (χ2v) is 5.88.